The summed E-state index contributed by atoms with van der Waals surface area (Å²) in [5.74, 6) is 3.07. The summed E-state index contributed by atoms with van der Waals surface area (Å²) in [5.41, 5.74) is 6.31. The zero-order valence-corrected chi connectivity index (χ0v) is 27.6. The molecule has 9 nitrogen and oxygen atoms in total. The number of aromatic nitrogens is 1. The van der Waals surface area contributed by atoms with E-state index in [2.05, 4.69) is 26.9 Å². The molecule has 3 spiro atoms. The Hall–Kier alpha value is -3.24. The molecular formula is C40H41N3O6. The maximum absolute atomic E-state index is 13.5. The van der Waals surface area contributed by atoms with Crippen LogP contribution in [0.3, 0.4) is 0 Å². The fourth-order valence-electron chi connectivity index (χ4n) is 13.8. The Morgan fingerprint density at radius 2 is 1.41 bits per heavy atom. The number of aromatic amines is 1. The van der Waals surface area contributed by atoms with Gasteiger partial charge in [-0.3, -0.25) is 9.80 Å². The van der Waals surface area contributed by atoms with Crippen LogP contribution in [-0.4, -0.2) is 79.3 Å². The first-order valence-corrected chi connectivity index (χ1v) is 19.0. The van der Waals surface area contributed by atoms with Crippen LogP contribution >= 0.6 is 0 Å². The van der Waals surface area contributed by atoms with Crippen molar-refractivity contribution in [3.05, 3.63) is 69.0 Å². The lowest BCUT2D eigenvalue weighted by molar-refractivity contribution is -0.173. The molecular weight excluding hydrogens is 618 g/mol. The number of phenols is 2. The number of likely N-dealkylation sites (tertiary alicyclic amines) is 2. The molecule has 14 rings (SSSR count). The highest BCUT2D eigenvalue weighted by Crippen LogP contribution is 2.80. The minimum absolute atomic E-state index is 0.0131. The van der Waals surface area contributed by atoms with Crippen LogP contribution < -0.4 is 9.47 Å². The van der Waals surface area contributed by atoms with Gasteiger partial charge >= 0.3 is 0 Å². The van der Waals surface area contributed by atoms with E-state index in [0.29, 0.717) is 17.9 Å². The topological polar surface area (TPSA) is 114 Å². The van der Waals surface area contributed by atoms with Crippen LogP contribution in [0.25, 0.3) is 0 Å². The second-order valence-corrected chi connectivity index (χ2v) is 18.0. The average molecular weight is 660 g/mol. The summed E-state index contributed by atoms with van der Waals surface area (Å²) in [4.78, 5) is 9.26. The number of phenolic OH excluding ortho intramolecular Hbond substituents is 2. The van der Waals surface area contributed by atoms with E-state index in [1.807, 2.05) is 6.07 Å². The van der Waals surface area contributed by atoms with E-state index < -0.39 is 22.7 Å². The average Bonchev–Trinajstić information content (AvgIpc) is 4.03. The minimum Gasteiger partial charge on any atom is -0.504 e. The number of epoxide rings is 1. The Bertz CT molecular complexity index is 2060. The number of benzene rings is 2. The van der Waals surface area contributed by atoms with Gasteiger partial charge in [0.05, 0.1) is 27.8 Å². The van der Waals surface area contributed by atoms with Gasteiger partial charge < -0.3 is 34.5 Å². The van der Waals surface area contributed by atoms with Crippen LogP contribution in [-0.2, 0) is 41.3 Å². The molecule has 5 fully saturated rings. The summed E-state index contributed by atoms with van der Waals surface area (Å²) >= 11 is 0. The smallest absolute Gasteiger partial charge is 0.166 e. The Morgan fingerprint density at radius 1 is 0.755 bits per heavy atom. The number of hydrogen-bond acceptors (Lipinski definition) is 8. The van der Waals surface area contributed by atoms with Crippen molar-refractivity contribution >= 4 is 0 Å². The first-order chi connectivity index (χ1) is 23.8. The number of H-pyrrole nitrogens is 1. The van der Waals surface area contributed by atoms with Crippen molar-refractivity contribution in [3.8, 4) is 23.0 Å². The van der Waals surface area contributed by atoms with Crippen molar-refractivity contribution in [2.24, 2.45) is 11.8 Å². The lowest BCUT2D eigenvalue weighted by atomic mass is 9.48. The largest absolute Gasteiger partial charge is 0.504 e. The number of ether oxygens (including phenoxy) is 3. The van der Waals surface area contributed by atoms with Gasteiger partial charge in [-0.1, -0.05) is 12.1 Å². The van der Waals surface area contributed by atoms with Crippen LogP contribution in [0.15, 0.2) is 24.3 Å². The third kappa shape index (κ3) is 2.56. The van der Waals surface area contributed by atoms with Crippen molar-refractivity contribution in [2.75, 3.05) is 26.2 Å². The molecule has 3 saturated heterocycles. The molecule has 11 aliphatic rings. The highest BCUT2D eigenvalue weighted by atomic mass is 16.7. The van der Waals surface area contributed by atoms with Gasteiger partial charge in [0.25, 0.3) is 0 Å². The monoisotopic (exact) mass is 659 g/mol. The van der Waals surface area contributed by atoms with E-state index in [9.17, 15) is 15.3 Å². The van der Waals surface area contributed by atoms with E-state index in [4.69, 9.17) is 14.2 Å². The molecule has 3 aromatic rings. The fourth-order valence-corrected chi connectivity index (χ4v) is 13.8. The summed E-state index contributed by atoms with van der Waals surface area (Å²) in [6.45, 7) is 4.03. The number of rotatable bonds is 4. The number of fused-ring (bicyclic) bond motifs is 5. The SMILES string of the molecule is Oc1ccc2c3c1O[C@H]1c4[nH]c5c(c4C[C@@]4(O)[C@@H](C2)N(CC2CC2)CCC314)CC12O[C@@]13Cc1ccc(O)c4c1[C@@]2(CCN3CC1CC1)[C@H]5O4. The number of aromatic hydroxyl groups is 2. The molecule has 0 amide bonds. The van der Waals surface area contributed by atoms with Gasteiger partial charge in [0, 0.05) is 56.1 Å². The number of nitrogens with one attached hydrogen (secondary N) is 1. The molecule has 49 heavy (non-hydrogen) atoms. The van der Waals surface area contributed by atoms with E-state index in [-0.39, 0.29) is 34.8 Å². The normalized spacial score (nSPS) is 43.5. The van der Waals surface area contributed by atoms with Crippen molar-refractivity contribution < 1.29 is 29.5 Å². The van der Waals surface area contributed by atoms with Crippen LogP contribution in [0.4, 0.5) is 0 Å². The van der Waals surface area contributed by atoms with Crippen molar-refractivity contribution in [1.29, 1.82) is 0 Å². The van der Waals surface area contributed by atoms with Crippen molar-refractivity contribution in [3.63, 3.8) is 0 Å². The zero-order chi connectivity index (χ0) is 32.0. The van der Waals surface area contributed by atoms with Gasteiger partial charge in [0.1, 0.15) is 5.60 Å². The maximum atomic E-state index is 13.5. The summed E-state index contributed by atoms with van der Waals surface area (Å²) in [6.07, 6.45) is 9.05. The summed E-state index contributed by atoms with van der Waals surface area (Å²) in [5, 5.41) is 36.0. The van der Waals surface area contributed by atoms with Gasteiger partial charge in [-0.05, 0) is 97.7 Å². The Labute approximate surface area is 284 Å². The zero-order valence-electron chi connectivity index (χ0n) is 27.6. The molecule has 0 radical (unpaired) electrons. The van der Waals surface area contributed by atoms with Crippen LogP contribution in [0, 0.1) is 11.8 Å². The lowest BCUT2D eigenvalue weighted by Crippen LogP contribution is -2.74. The van der Waals surface area contributed by atoms with E-state index in [0.717, 1.165) is 87.1 Å². The molecule has 4 bridgehead atoms. The number of aliphatic hydroxyl groups is 1. The van der Waals surface area contributed by atoms with E-state index >= 15 is 0 Å². The molecule has 6 aliphatic carbocycles. The van der Waals surface area contributed by atoms with Crippen LogP contribution in [0.2, 0.25) is 0 Å². The molecule has 2 aromatic carbocycles. The van der Waals surface area contributed by atoms with Crippen LogP contribution in [0.1, 0.15) is 95.5 Å². The molecule has 5 aliphatic heterocycles. The summed E-state index contributed by atoms with van der Waals surface area (Å²) in [7, 11) is 0. The molecule has 4 N–H and O–H groups in total. The predicted molar refractivity (Wildman–Crippen MR) is 175 cm³/mol. The van der Waals surface area contributed by atoms with Gasteiger partial charge in [0.15, 0.2) is 40.9 Å². The highest BCUT2D eigenvalue weighted by molar-refractivity contribution is 5.70. The standard InChI is InChI=1S/C40H41N3O6/c44-25-7-5-21-13-27-38(46)15-23-24-16-39-37-10-12-43(18-20-3-4-20)40(39,49-39)14-22-6-8-26(45)33(29(22)37)48-35(37)31(24)41-30(23)34-36(38,28(21)32(25)47-34)9-11-42(27)17-19-1-2-19/h5-8,19-20,27,34-35,41,44-46H,1-4,9-18H2/t27-,34+,35+,36?,37+,38-,39?,40+/m1/s1. The van der Waals surface area contributed by atoms with E-state index in [1.165, 1.54) is 53.5 Å². The van der Waals surface area contributed by atoms with Crippen molar-refractivity contribution in [2.45, 2.75) is 110 Å². The first-order valence-electron chi connectivity index (χ1n) is 19.0. The van der Waals surface area contributed by atoms with Gasteiger partial charge in [-0.15, -0.1) is 0 Å². The second-order valence-electron chi connectivity index (χ2n) is 18.0. The summed E-state index contributed by atoms with van der Waals surface area (Å²) in [6, 6.07) is 7.79. The van der Waals surface area contributed by atoms with Crippen LogP contribution in [0.5, 0.6) is 23.0 Å². The Balaban J connectivity index is 0.996. The molecule has 2 saturated carbocycles. The second kappa shape index (κ2) is 7.66. The minimum atomic E-state index is -1.04. The Morgan fingerprint density at radius 3 is 2.16 bits per heavy atom. The molecule has 1 aromatic heterocycles. The molecule has 8 atom stereocenters. The van der Waals surface area contributed by atoms with Gasteiger partial charge in [0.2, 0.25) is 0 Å². The Kier molecular flexibility index (Phi) is 4.15. The van der Waals surface area contributed by atoms with E-state index in [1.54, 1.807) is 6.07 Å². The number of hydrogen-bond donors (Lipinski definition) is 4. The summed E-state index contributed by atoms with van der Waals surface area (Å²) < 4.78 is 21.4. The highest BCUT2D eigenvalue weighted by Gasteiger charge is 2.89. The number of nitrogens with zero attached hydrogens (tertiary/aromatic N) is 2. The quantitative estimate of drug-likeness (QED) is 0.309. The maximum Gasteiger partial charge on any atom is 0.166 e. The molecule has 252 valence electrons. The predicted octanol–water partition coefficient (Wildman–Crippen LogP) is 4.19. The molecule has 9 heteroatoms. The lowest BCUT2D eigenvalue weighted by Gasteiger charge is -2.63. The third-order valence-corrected chi connectivity index (χ3v) is 16.1. The number of piperidine rings is 2. The van der Waals surface area contributed by atoms with Gasteiger partial charge in [-0.2, -0.15) is 0 Å². The van der Waals surface area contributed by atoms with Gasteiger partial charge in [-0.25, -0.2) is 0 Å². The molecule has 6 heterocycles. The third-order valence-electron chi connectivity index (χ3n) is 16.1. The fraction of sp³-hybridized carbons (Fsp3) is 0.600. The first kappa shape index (κ1) is 26.6. The molecule has 2 unspecified atom stereocenters. The van der Waals surface area contributed by atoms with Crippen molar-refractivity contribution in [1.82, 2.24) is 14.8 Å².